The molecule has 0 amide bonds. The molecular formula is C25H46N2O3. The Morgan fingerprint density at radius 1 is 1.03 bits per heavy atom. The van der Waals surface area contributed by atoms with E-state index in [1.54, 1.807) is 0 Å². The summed E-state index contributed by atoms with van der Waals surface area (Å²) in [7, 11) is 4.12. The molecule has 9 atom stereocenters. The molecule has 174 valence electrons. The minimum Gasteiger partial charge on any atom is -0.393 e. The molecule has 4 rings (SSSR count). The van der Waals surface area contributed by atoms with E-state index in [1.165, 1.54) is 12.8 Å². The molecule has 5 heteroatoms. The van der Waals surface area contributed by atoms with E-state index in [0.29, 0.717) is 35.7 Å². The van der Waals surface area contributed by atoms with Gasteiger partial charge in [0.05, 0.1) is 18.3 Å². The Kier molecular flexibility index (Phi) is 6.35. The third kappa shape index (κ3) is 3.57. The monoisotopic (exact) mass is 422 g/mol. The Morgan fingerprint density at radius 2 is 1.80 bits per heavy atom. The number of aliphatic hydroxyl groups excluding tert-OH is 1. The largest absolute Gasteiger partial charge is 0.393 e. The molecule has 3 N–H and O–H groups in total. The van der Waals surface area contributed by atoms with Crippen LogP contribution < -0.4 is 5.48 Å². The second kappa shape index (κ2) is 8.30. The van der Waals surface area contributed by atoms with E-state index in [1.807, 2.05) is 0 Å². The molecule has 0 aromatic heterocycles. The van der Waals surface area contributed by atoms with E-state index in [0.717, 1.165) is 51.5 Å². The highest BCUT2D eigenvalue weighted by molar-refractivity contribution is 5.17. The van der Waals surface area contributed by atoms with Crippen molar-refractivity contribution in [1.29, 1.82) is 0 Å². The van der Waals surface area contributed by atoms with Gasteiger partial charge in [0.15, 0.2) is 0 Å². The molecule has 0 aromatic rings. The lowest BCUT2D eigenvalue weighted by Crippen LogP contribution is -2.63. The second-order valence-corrected chi connectivity index (χ2v) is 12.0. The molecule has 0 aliphatic heterocycles. The van der Waals surface area contributed by atoms with Gasteiger partial charge >= 0.3 is 0 Å². The quantitative estimate of drug-likeness (QED) is 0.451. The van der Waals surface area contributed by atoms with Crippen LogP contribution in [0.15, 0.2) is 0 Å². The zero-order valence-corrected chi connectivity index (χ0v) is 20.0. The Bertz CT molecular complexity index is 615. The summed E-state index contributed by atoms with van der Waals surface area (Å²) in [5.74, 6) is 2.11. The van der Waals surface area contributed by atoms with E-state index in [4.69, 9.17) is 4.84 Å². The molecule has 0 bridgehead atoms. The van der Waals surface area contributed by atoms with Gasteiger partial charge in [-0.15, -0.1) is 0 Å². The van der Waals surface area contributed by atoms with Crippen LogP contribution in [-0.2, 0) is 4.84 Å². The van der Waals surface area contributed by atoms with Gasteiger partial charge in [0, 0.05) is 18.0 Å². The number of hydrogen-bond acceptors (Lipinski definition) is 5. The van der Waals surface area contributed by atoms with Crippen molar-refractivity contribution < 1.29 is 15.1 Å². The van der Waals surface area contributed by atoms with Crippen LogP contribution in [-0.4, -0.2) is 60.1 Å². The first-order chi connectivity index (χ1) is 14.1. The minimum atomic E-state index is -0.551. The third-order valence-corrected chi connectivity index (χ3v) is 10.4. The number of likely N-dealkylation sites (N-methyl/N-ethyl adjacent to an activating group) is 1. The van der Waals surface area contributed by atoms with Gasteiger partial charge < -0.3 is 20.0 Å². The molecule has 0 heterocycles. The van der Waals surface area contributed by atoms with Crippen molar-refractivity contribution >= 4 is 0 Å². The van der Waals surface area contributed by atoms with Gasteiger partial charge in [-0.3, -0.25) is 0 Å². The summed E-state index contributed by atoms with van der Waals surface area (Å²) in [6.45, 7) is 8.69. The van der Waals surface area contributed by atoms with E-state index >= 15 is 0 Å². The number of hydrogen-bond donors (Lipinski definition) is 3. The van der Waals surface area contributed by atoms with Crippen molar-refractivity contribution in [3.8, 4) is 0 Å². The fraction of sp³-hybridized carbons (Fsp3) is 1.00. The number of rotatable bonds is 6. The molecule has 30 heavy (non-hydrogen) atoms. The molecule has 4 aliphatic rings. The predicted molar refractivity (Wildman–Crippen MR) is 120 cm³/mol. The summed E-state index contributed by atoms with van der Waals surface area (Å²) >= 11 is 0. The van der Waals surface area contributed by atoms with Crippen molar-refractivity contribution in [2.75, 3.05) is 27.2 Å². The van der Waals surface area contributed by atoms with Crippen LogP contribution in [0.4, 0.5) is 0 Å². The molecular weight excluding hydrogens is 376 g/mol. The second-order valence-electron chi connectivity index (χ2n) is 12.0. The maximum absolute atomic E-state index is 12.3. The van der Waals surface area contributed by atoms with Crippen LogP contribution in [0.25, 0.3) is 0 Å². The average molecular weight is 423 g/mol. The lowest BCUT2D eigenvalue weighted by molar-refractivity contribution is -0.213. The van der Waals surface area contributed by atoms with Crippen molar-refractivity contribution in [2.24, 2.45) is 34.5 Å². The molecule has 0 spiro atoms. The van der Waals surface area contributed by atoms with Gasteiger partial charge in [-0.1, -0.05) is 13.8 Å². The molecule has 5 nitrogen and oxygen atoms in total. The van der Waals surface area contributed by atoms with E-state index in [9.17, 15) is 10.2 Å². The first-order valence-electron chi connectivity index (χ1n) is 12.5. The van der Waals surface area contributed by atoms with Gasteiger partial charge in [-0.25, -0.2) is 0 Å². The average Bonchev–Trinajstić information content (AvgIpc) is 2.97. The fourth-order valence-corrected chi connectivity index (χ4v) is 8.55. The summed E-state index contributed by atoms with van der Waals surface area (Å²) in [6, 6.07) is 0.250. The summed E-state index contributed by atoms with van der Waals surface area (Å²) in [5.41, 5.74) is 3.03. The molecule has 4 saturated carbocycles. The first kappa shape index (κ1) is 23.0. The van der Waals surface area contributed by atoms with Gasteiger partial charge in [0.25, 0.3) is 0 Å². The molecule has 0 aromatic carbocycles. The smallest absolute Gasteiger partial charge is 0.0809 e. The first-order valence-corrected chi connectivity index (χ1v) is 12.5. The lowest BCUT2D eigenvalue weighted by atomic mass is 9.43. The number of aliphatic hydroxyl groups is 2. The maximum atomic E-state index is 12.3. The van der Waals surface area contributed by atoms with Crippen molar-refractivity contribution in [2.45, 2.75) is 96.3 Å². The van der Waals surface area contributed by atoms with E-state index < -0.39 is 5.60 Å². The van der Waals surface area contributed by atoms with Crippen molar-refractivity contribution in [3.63, 3.8) is 0 Å². The van der Waals surface area contributed by atoms with Crippen molar-refractivity contribution in [3.05, 3.63) is 0 Å². The predicted octanol–water partition coefficient (Wildman–Crippen LogP) is 3.59. The SMILES string of the molecule is CC(NOCCN(C)C)[C@H]1CC[C@@]2(O)[C@@H]3CCC4CC(O)CC[C@]4(C)[C@H]3CC[C@]12C. The number of nitrogens with one attached hydrogen (secondary N) is 1. The van der Waals surface area contributed by atoms with Crippen LogP contribution in [0.2, 0.25) is 0 Å². The van der Waals surface area contributed by atoms with Crippen LogP contribution in [0, 0.1) is 34.5 Å². The third-order valence-electron chi connectivity index (χ3n) is 10.4. The molecule has 4 fully saturated rings. The normalized spacial score (nSPS) is 49.4. The summed E-state index contributed by atoms with van der Waals surface area (Å²) < 4.78 is 0. The van der Waals surface area contributed by atoms with Gasteiger partial charge in [-0.05, 0) is 108 Å². The highest BCUT2D eigenvalue weighted by atomic mass is 16.6. The maximum Gasteiger partial charge on any atom is 0.0809 e. The zero-order chi connectivity index (χ0) is 21.7. The summed E-state index contributed by atoms with van der Waals surface area (Å²) in [4.78, 5) is 7.91. The zero-order valence-electron chi connectivity index (χ0n) is 20.0. The van der Waals surface area contributed by atoms with Gasteiger partial charge in [0.1, 0.15) is 0 Å². The van der Waals surface area contributed by atoms with Crippen LogP contribution >= 0.6 is 0 Å². The Labute approximate surface area is 183 Å². The van der Waals surface area contributed by atoms with Crippen LogP contribution in [0.3, 0.4) is 0 Å². The molecule has 4 aliphatic carbocycles. The Morgan fingerprint density at radius 3 is 2.53 bits per heavy atom. The van der Waals surface area contributed by atoms with Crippen LogP contribution in [0.5, 0.6) is 0 Å². The molecule has 0 radical (unpaired) electrons. The Hall–Kier alpha value is -0.200. The fourth-order valence-electron chi connectivity index (χ4n) is 8.55. The standard InChI is InChI=1S/C25H46N2O3/c1-17(26-30-15-14-27(4)5)20-10-13-25(29)22-7-6-18-16-19(28)8-11-23(18,2)21(22)9-12-24(20,25)3/h17-22,26,28-29H,6-16H2,1-5H3/t17?,18?,19?,20-,21+,22-,23+,24-,25-/m1/s1. The molecule has 3 unspecified atom stereocenters. The number of fused-ring (bicyclic) bond motifs is 5. The minimum absolute atomic E-state index is 0.0388. The highest BCUT2D eigenvalue weighted by Gasteiger charge is 2.67. The highest BCUT2D eigenvalue weighted by Crippen LogP contribution is 2.69. The van der Waals surface area contributed by atoms with Crippen molar-refractivity contribution in [1.82, 2.24) is 10.4 Å². The topological polar surface area (TPSA) is 65.0 Å². The van der Waals surface area contributed by atoms with E-state index in [-0.39, 0.29) is 17.6 Å². The lowest BCUT2D eigenvalue weighted by Gasteiger charge is -2.63. The van der Waals surface area contributed by atoms with E-state index in [2.05, 4.69) is 45.2 Å². The summed E-state index contributed by atoms with van der Waals surface area (Å²) in [5, 5.41) is 22.5. The Balaban J connectivity index is 1.48. The number of nitrogens with zero attached hydrogens (tertiary/aromatic N) is 1. The number of hydroxylamine groups is 1. The molecule has 0 saturated heterocycles. The van der Waals surface area contributed by atoms with Gasteiger partial charge in [-0.2, -0.15) is 5.48 Å². The van der Waals surface area contributed by atoms with Crippen LogP contribution in [0.1, 0.15) is 78.6 Å². The summed E-state index contributed by atoms with van der Waals surface area (Å²) in [6.07, 6.45) is 9.63. The van der Waals surface area contributed by atoms with Gasteiger partial charge in [0.2, 0.25) is 0 Å².